The Morgan fingerprint density at radius 3 is 3.06 bits per heavy atom. The molecule has 0 aromatic carbocycles. The number of ether oxygens (including phenoxy) is 1. The SMILES string of the molecule is COc1nscc1CN(C)c1cc(CO)ccn1. The van der Waals surface area contributed by atoms with Crippen molar-refractivity contribution >= 4 is 17.4 Å². The molecule has 0 bridgehead atoms. The minimum atomic E-state index is 0.0205. The molecule has 0 atom stereocenters. The van der Waals surface area contributed by atoms with E-state index in [0.717, 1.165) is 16.9 Å². The maximum absolute atomic E-state index is 9.11. The van der Waals surface area contributed by atoms with Gasteiger partial charge in [0.1, 0.15) is 5.82 Å². The number of hydrogen-bond donors (Lipinski definition) is 1. The van der Waals surface area contributed by atoms with Crippen LogP contribution in [0.5, 0.6) is 5.88 Å². The Kier molecular flexibility index (Phi) is 4.11. The number of aliphatic hydroxyl groups is 1. The van der Waals surface area contributed by atoms with Gasteiger partial charge in [0, 0.05) is 24.2 Å². The Labute approximate surface area is 110 Å². The van der Waals surface area contributed by atoms with Gasteiger partial charge in [-0.3, -0.25) is 0 Å². The standard InChI is InChI=1S/C12H15N3O2S/c1-15(6-10-8-18-14-12(10)17-2)11-5-9(7-16)3-4-13-11/h3-5,8,16H,6-7H2,1-2H3. The van der Waals surface area contributed by atoms with Crippen molar-refractivity contribution in [3.8, 4) is 5.88 Å². The highest BCUT2D eigenvalue weighted by molar-refractivity contribution is 7.03. The number of rotatable bonds is 5. The van der Waals surface area contributed by atoms with Crippen LogP contribution < -0.4 is 9.64 Å². The first-order chi connectivity index (χ1) is 8.74. The largest absolute Gasteiger partial charge is 0.480 e. The maximum Gasteiger partial charge on any atom is 0.229 e. The summed E-state index contributed by atoms with van der Waals surface area (Å²) in [7, 11) is 3.56. The molecular formula is C12H15N3O2S. The van der Waals surface area contributed by atoms with E-state index in [2.05, 4.69) is 9.36 Å². The molecule has 6 heteroatoms. The lowest BCUT2D eigenvalue weighted by atomic mass is 10.2. The van der Waals surface area contributed by atoms with E-state index in [0.29, 0.717) is 12.4 Å². The molecule has 0 radical (unpaired) electrons. The lowest BCUT2D eigenvalue weighted by molar-refractivity contribution is 0.281. The molecule has 0 amide bonds. The average Bonchev–Trinajstić information content (AvgIpc) is 2.86. The van der Waals surface area contributed by atoms with Crippen LogP contribution in [-0.2, 0) is 13.2 Å². The molecule has 1 N–H and O–H groups in total. The highest BCUT2D eigenvalue weighted by Crippen LogP contribution is 2.22. The number of pyridine rings is 1. The Morgan fingerprint density at radius 2 is 2.33 bits per heavy atom. The quantitative estimate of drug-likeness (QED) is 0.891. The molecule has 96 valence electrons. The Bertz CT molecular complexity index is 516. The fraction of sp³-hybridized carbons (Fsp3) is 0.333. The summed E-state index contributed by atoms with van der Waals surface area (Å²) < 4.78 is 9.33. The number of anilines is 1. The van der Waals surface area contributed by atoms with Crippen LogP contribution in [0.15, 0.2) is 23.7 Å². The second kappa shape index (κ2) is 5.79. The smallest absolute Gasteiger partial charge is 0.229 e. The number of nitrogens with zero attached hydrogens (tertiary/aromatic N) is 3. The monoisotopic (exact) mass is 265 g/mol. The summed E-state index contributed by atoms with van der Waals surface area (Å²) in [6.45, 7) is 0.689. The van der Waals surface area contributed by atoms with E-state index < -0.39 is 0 Å². The summed E-state index contributed by atoms with van der Waals surface area (Å²) in [4.78, 5) is 6.27. The maximum atomic E-state index is 9.11. The van der Waals surface area contributed by atoms with Crippen molar-refractivity contribution in [2.45, 2.75) is 13.2 Å². The van der Waals surface area contributed by atoms with Gasteiger partial charge >= 0.3 is 0 Å². The fourth-order valence-electron chi connectivity index (χ4n) is 1.62. The molecule has 2 aromatic heterocycles. The highest BCUT2D eigenvalue weighted by Gasteiger charge is 2.10. The minimum absolute atomic E-state index is 0.0205. The number of aliphatic hydroxyl groups excluding tert-OH is 1. The van der Waals surface area contributed by atoms with Crippen molar-refractivity contribution in [1.29, 1.82) is 0 Å². The molecule has 2 rings (SSSR count). The first-order valence-corrected chi connectivity index (χ1v) is 6.32. The summed E-state index contributed by atoms with van der Waals surface area (Å²) in [6.07, 6.45) is 1.69. The normalized spacial score (nSPS) is 10.4. The Hall–Kier alpha value is -1.66. The van der Waals surface area contributed by atoms with E-state index in [9.17, 15) is 0 Å². The van der Waals surface area contributed by atoms with Gasteiger partial charge in [0.25, 0.3) is 0 Å². The first-order valence-electron chi connectivity index (χ1n) is 5.48. The van der Waals surface area contributed by atoms with Gasteiger partial charge in [0.15, 0.2) is 0 Å². The lowest BCUT2D eigenvalue weighted by Crippen LogP contribution is -2.17. The van der Waals surface area contributed by atoms with E-state index in [1.165, 1.54) is 11.5 Å². The van der Waals surface area contributed by atoms with E-state index in [-0.39, 0.29) is 6.61 Å². The minimum Gasteiger partial charge on any atom is -0.480 e. The molecule has 0 fully saturated rings. The van der Waals surface area contributed by atoms with Crippen LogP contribution in [0.25, 0.3) is 0 Å². The van der Waals surface area contributed by atoms with Crippen molar-refractivity contribution in [2.24, 2.45) is 0 Å². The van der Waals surface area contributed by atoms with Crippen molar-refractivity contribution in [3.63, 3.8) is 0 Å². The van der Waals surface area contributed by atoms with Crippen LogP contribution in [0, 0.1) is 0 Å². The fourth-order valence-corrected chi connectivity index (χ4v) is 2.27. The molecule has 18 heavy (non-hydrogen) atoms. The van der Waals surface area contributed by atoms with Crippen LogP contribution >= 0.6 is 11.5 Å². The summed E-state index contributed by atoms with van der Waals surface area (Å²) in [5.74, 6) is 1.47. The van der Waals surface area contributed by atoms with Crippen molar-refractivity contribution < 1.29 is 9.84 Å². The molecule has 0 aliphatic rings. The summed E-state index contributed by atoms with van der Waals surface area (Å²) in [5.41, 5.74) is 1.88. The molecule has 0 saturated heterocycles. The molecule has 2 aromatic rings. The van der Waals surface area contributed by atoms with Crippen LogP contribution in [0.3, 0.4) is 0 Å². The molecule has 0 unspecified atom stereocenters. The topological polar surface area (TPSA) is 58.5 Å². The number of aromatic nitrogens is 2. The second-order valence-corrected chi connectivity index (χ2v) is 4.51. The van der Waals surface area contributed by atoms with Crippen LogP contribution in [0.1, 0.15) is 11.1 Å². The van der Waals surface area contributed by atoms with Gasteiger partial charge in [0.05, 0.1) is 20.3 Å². The number of methoxy groups -OCH3 is 1. The second-order valence-electron chi connectivity index (χ2n) is 3.89. The number of hydrogen-bond acceptors (Lipinski definition) is 6. The van der Waals surface area contributed by atoms with Crippen molar-refractivity contribution in [3.05, 3.63) is 34.8 Å². The van der Waals surface area contributed by atoms with Gasteiger partial charge in [-0.05, 0) is 29.2 Å². The van der Waals surface area contributed by atoms with Crippen LogP contribution in [0.4, 0.5) is 5.82 Å². The third-order valence-electron chi connectivity index (χ3n) is 2.59. The molecule has 0 aliphatic heterocycles. The van der Waals surface area contributed by atoms with Crippen molar-refractivity contribution in [1.82, 2.24) is 9.36 Å². The third kappa shape index (κ3) is 2.77. The molecule has 0 saturated carbocycles. The van der Waals surface area contributed by atoms with Gasteiger partial charge in [0.2, 0.25) is 5.88 Å². The molecule has 0 spiro atoms. The van der Waals surface area contributed by atoms with Gasteiger partial charge < -0.3 is 14.7 Å². The van der Waals surface area contributed by atoms with Gasteiger partial charge in [-0.1, -0.05) is 0 Å². The van der Waals surface area contributed by atoms with Gasteiger partial charge in [-0.25, -0.2) is 4.98 Å². The predicted octanol–water partition coefficient (Wildman–Crippen LogP) is 1.68. The van der Waals surface area contributed by atoms with Crippen LogP contribution in [-0.4, -0.2) is 28.6 Å². The average molecular weight is 265 g/mol. The van der Waals surface area contributed by atoms with E-state index in [1.54, 1.807) is 19.4 Å². The molecule has 0 aliphatic carbocycles. The predicted molar refractivity (Wildman–Crippen MR) is 70.9 cm³/mol. The van der Waals surface area contributed by atoms with Crippen molar-refractivity contribution in [2.75, 3.05) is 19.1 Å². The Balaban J connectivity index is 2.13. The zero-order valence-corrected chi connectivity index (χ0v) is 11.1. The molecular weight excluding hydrogens is 250 g/mol. The van der Waals surface area contributed by atoms with Gasteiger partial charge in [-0.15, -0.1) is 0 Å². The summed E-state index contributed by atoms with van der Waals surface area (Å²) in [5, 5.41) is 11.1. The first kappa shape index (κ1) is 12.8. The van der Waals surface area contributed by atoms with E-state index in [4.69, 9.17) is 9.84 Å². The van der Waals surface area contributed by atoms with Crippen LogP contribution in [0.2, 0.25) is 0 Å². The highest BCUT2D eigenvalue weighted by atomic mass is 32.1. The van der Waals surface area contributed by atoms with E-state index in [1.807, 2.05) is 23.4 Å². The zero-order chi connectivity index (χ0) is 13.0. The lowest BCUT2D eigenvalue weighted by Gasteiger charge is -2.18. The summed E-state index contributed by atoms with van der Waals surface area (Å²) >= 11 is 1.37. The summed E-state index contributed by atoms with van der Waals surface area (Å²) in [6, 6.07) is 3.66. The molecule has 2 heterocycles. The van der Waals surface area contributed by atoms with E-state index >= 15 is 0 Å². The zero-order valence-electron chi connectivity index (χ0n) is 10.3. The third-order valence-corrected chi connectivity index (χ3v) is 3.25. The Morgan fingerprint density at radius 1 is 1.50 bits per heavy atom. The molecule has 5 nitrogen and oxygen atoms in total. The van der Waals surface area contributed by atoms with Gasteiger partial charge in [-0.2, -0.15) is 4.37 Å².